The average Bonchev–Trinajstić information content (AvgIpc) is 2.11. The highest BCUT2D eigenvalue weighted by Gasteiger charge is 2.14. The number of rotatable bonds is 8. The first-order chi connectivity index (χ1) is 7.60. The van der Waals surface area contributed by atoms with E-state index in [1.165, 1.54) is 0 Å². The summed E-state index contributed by atoms with van der Waals surface area (Å²) in [5.74, 6) is -0.482. The van der Waals surface area contributed by atoms with Crippen molar-refractivity contribution in [3.05, 3.63) is 0 Å². The zero-order valence-electron chi connectivity index (χ0n) is 9.15. The normalized spacial score (nSPS) is 12.5. The van der Waals surface area contributed by atoms with Crippen LogP contribution in [0.25, 0.3) is 0 Å². The van der Waals surface area contributed by atoms with Gasteiger partial charge in [0, 0.05) is 12.6 Å². The minimum atomic E-state index is -4.22. The lowest BCUT2D eigenvalue weighted by Crippen LogP contribution is -2.23. The molecule has 0 heterocycles. The Balaban J connectivity index is 3.53. The number of nitrogens with one attached hydrogen (secondary N) is 1. The summed E-state index contributed by atoms with van der Waals surface area (Å²) < 4.78 is 20.9. The topological polar surface area (TPSA) is 144 Å². The molecule has 0 saturated heterocycles. The highest BCUT2D eigenvalue weighted by molar-refractivity contribution is 7.51. The van der Waals surface area contributed by atoms with Crippen LogP contribution in [0.3, 0.4) is 0 Å². The van der Waals surface area contributed by atoms with Gasteiger partial charge in [0.1, 0.15) is 6.29 Å². The minimum absolute atomic E-state index is 0.0845. The monoisotopic (exact) mass is 289 g/mol. The van der Waals surface area contributed by atoms with Gasteiger partial charge in [-0.3, -0.25) is 13.9 Å². The second kappa shape index (κ2) is 7.26. The van der Waals surface area contributed by atoms with Crippen LogP contribution < -0.4 is 5.32 Å². The molecule has 0 rings (SSSR count). The van der Waals surface area contributed by atoms with E-state index in [1.54, 1.807) is 0 Å². The predicted octanol–water partition coefficient (Wildman–Crippen LogP) is -0.0241. The Morgan fingerprint density at radius 1 is 0.941 bits per heavy atom. The van der Waals surface area contributed by atoms with E-state index in [2.05, 4.69) is 5.32 Å². The van der Waals surface area contributed by atoms with E-state index in [4.69, 9.17) is 19.6 Å². The zero-order valence-corrected chi connectivity index (χ0v) is 10.9. The molecule has 102 valence electrons. The number of amides is 1. The molecular weight excluding hydrogens is 272 g/mol. The van der Waals surface area contributed by atoms with Crippen LogP contribution in [0, 0.1) is 0 Å². The molecule has 5 N–H and O–H groups in total. The van der Waals surface area contributed by atoms with E-state index in [0.717, 1.165) is 0 Å². The van der Waals surface area contributed by atoms with E-state index in [-0.39, 0.29) is 12.6 Å². The Hall–Kier alpha value is -0.230. The molecule has 0 aliphatic heterocycles. The van der Waals surface area contributed by atoms with E-state index in [1.807, 2.05) is 0 Å². The van der Waals surface area contributed by atoms with Crippen molar-refractivity contribution in [3.63, 3.8) is 0 Å². The number of carbonyl (C=O) groups excluding carboxylic acids is 1. The Bertz CT molecular complexity index is 333. The Kier molecular flexibility index (Phi) is 7.16. The van der Waals surface area contributed by atoms with E-state index in [9.17, 15) is 13.9 Å². The molecule has 1 amide bonds. The molecule has 17 heavy (non-hydrogen) atoms. The van der Waals surface area contributed by atoms with Crippen molar-refractivity contribution in [3.8, 4) is 0 Å². The molecule has 0 aliphatic rings. The lowest BCUT2D eigenvalue weighted by molar-refractivity contribution is -0.120. The van der Waals surface area contributed by atoms with Gasteiger partial charge in [-0.2, -0.15) is 0 Å². The maximum atomic E-state index is 11.0. The summed E-state index contributed by atoms with van der Waals surface area (Å²) in [6.45, 7) is 0. The number of unbranched alkanes of at least 4 members (excludes halogenated alkanes) is 2. The third-order valence-electron chi connectivity index (χ3n) is 1.84. The van der Waals surface area contributed by atoms with Crippen molar-refractivity contribution in [1.82, 2.24) is 5.32 Å². The Morgan fingerprint density at radius 2 is 1.53 bits per heavy atom. The molecule has 0 spiro atoms. The zero-order chi connectivity index (χ0) is 13.5. The molecule has 0 radical (unpaired) electrons. The lowest BCUT2D eigenvalue weighted by atomic mass is 10.2. The molecular formula is C7H17NO7P2. The molecule has 0 unspecified atom stereocenters. The summed E-state index contributed by atoms with van der Waals surface area (Å²) >= 11 is 0. The molecule has 0 aromatic rings. The molecule has 0 fully saturated rings. The van der Waals surface area contributed by atoms with Crippen LogP contribution >= 0.6 is 15.2 Å². The largest absolute Gasteiger partial charge is 0.344 e. The van der Waals surface area contributed by atoms with Gasteiger partial charge < -0.3 is 24.9 Å². The fraction of sp³-hybridized carbons (Fsp3) is 0.857. The second-order valence-corrected chi connectivity index (χ2v) is 7.04. The molecule has 0 bridgehead atoms. The maximum Gasteiger partial charge on any atom is 0.344 e. The Labute approximate surface area is 98.7 Å². The number of hydrogen-bond acceptors (Lipinski definition) is 3. The third kappa shape index (κ3) is 13.7. The van der Waals surface area contributed by atoms with Gasteiger partial charge in [-0.15, -0.1) is 0 Å². The fourth-order valence-electron chi connectivity index (χ4n) is 1.06. The first-order valence-electron chi connectivity index (χ1n) is 4.96. The molecule has 0 aromatic carbocycles. The van der Waals surface area contributed by atoms with Gasteiger partial charge >= 0.3 is 15.2 Å². The molecule has 8 nitrogen and oxygen atoms in total. The van der Waals surface area contributed by atoms with Gasteiger partial charge in [0.2, 0.25) is 5.91 Å². The summed E-state index contributed by atoms with van der Waals surface area (Å²) in [5.41, 5.74) is 0. The Morgan fingerprint density at radius 3 is 2.00 bits per heavy atom. The maximum absolute atomic E-state index is 11.0. The summed E-state index contributed by atoms with van der Waals surface area (Å²) in [6, 6.07) is 0. The van der Waals surface area contributed by atoms with E-state index >= 15 is 0 Å². The highest BCUT2D eigenvalue weighted by atomic mass is 31.2. The van der Waals surface area contributed by atoms with Crippen molar-refractivity contribution in [2.24, 2.45) is 0 Å². The fourth-order valence-corrected chi connectivity index (χ4v) is 2.08. The number of carbonyl (C=O) groups is 1. The quantitative estimate of drug-likeness (QED) is 0.312. The van der Waals surface area contributed by atoms with Crippen LogP contribution in [-0.2, 0) is 13.9 Å². The van der Waals surface area contributed by atoms with Crippen LogP contribution in [-0.4, -0.2) is 37.9 Å². The molecule has 10 heteroatoms. The summed E-state index contributed by atoms with van der Waals surface area (Å²) in [6.07, 6.45) is 0.407. The van der Waals surface area contributed by atoms with Crippen molar-refractivity contribution < 1.29 is 33.5 Å². The smallest absolute Gasteiger partial charge is 0.344 e. The molecule has 0 aromatic heterocycles. The SMILES string of the molecule is O=C(CCCCCP(=O)(O)O)NCP(=O)(O)O. The van der Waals surface area contributed by atoms with E-state index in [0.29, 0.717) is 19.3 Å². The van der Waals surface area contributed by atoms with Crippen molar-refractivity contribution in [2.75, 3.05) is 12.4 Å². The molecule has 0 atom stereocenters. The summed E-state index contributed by atoms with van der Waals surface area (Å²) in [4.78, 5) is 45.1. The highest BCUT2D eigenvalue weighted by Crippen LogP contribution is 2.35. The average molecular weight is 289 g/mol. The second-order valence-electron chi connectivity index (χ2n) is 3.62. The standard InChI is InChI=1S/C7H17NO7P2/c9-7(8-6-17(13,14)15)4-2-1-3-5-16(10,11)12/h1-6H2,(H,8,9)(H2,10,11,12)(H2,13,14,15). The number of hydrogen-bond donors (Lipinski definition) is 5. The van der Waals surface area contributed by atoms with Crippen molar-refractivity contribution in [2.45, 2.75) is 25.7 Å². The van der Waals surface area contributed by atoms with Gasteiger partial charge in [0.15, 0.2) is 0 Å². The van der Waals surface area contributed by atoms with Crippen LogP contribution in [0.15, 0.2) is 0 Å². The van der Waals surface area contributed by atoms with Gasteiger partial charge in [0.25, 0.3) is 0 Å². The molecule has 0 aliphatic carbocycles. The minimum Gasteiger partial charge on any atom is -0.344 e. The van der Waals surface area contributed by atoms with Crippen LogP contribution in [0.4, 0.5) is 0 Å². The first kappa shape index (κ1) is 16.8. The van der Waals surface area contributed by atoms with Gasteiger partial charge in [-0.05, 0) is 12.8 Å². The van der Waals surface area contributed by atoms with Crippen LogP contribution in [0.1, 0.15) is 25.7 Å². The predicted molar refractivity (Wildman–Crippen MR) is 60.4 cm³/mol. The first-order valence-corrected chi connectivity index (χ1v) is 8.55. The van der Waals surface area contributed by atoms with Crippen molar-refractivity contribution in [1.29, 1.82) is 0 Å². The lowest BCUT2D eigenvalue weighted by Gasteiger charge is -2.06. The van der Waals surface area contributed by atoms with Gasteiger partial charge in [0.05, 0.1) is 0 Å². The van der Waals surface area contributed by atoms with Gasteiger partial charge in [-0.25, -0.2) is 0 Å². The summed E-state index contributed by atoms with van der Waals surface area (Å²) in [5, 5.41) is 2.07. The van der Waals surface area contributed by atoms with Crippen molar-refractivity contribution >= 4 is 21.1 Å². The van der Waals surface area contributed by atoms with Gasteiger partial charge in [-0.1, -0.05) is 6.42 Å². The molecule has 0 saturated carbocycles. The van der Waals surface area contributed by atoms with Crippen LogP contribution in [0.5, 0.6) is 0 Å². The third-order valence-corrected chi connectivity index (χ3v) is 3.30. The van der Waals surface area contributed by atoms with E-state index < -0.39 is 27.4 Å². The summed E-state index contributed by atoms with van der Waals surface area (Å²) in [7, 11) is -8.19. The van der Waals surface area contributed by atoms with Crippen LogP contribution in [0.2, 0.25) is 0 Å².